The fourth-order valence-electron chi connectivity index (χ4n) is 2.24. The van der Waals surface area contributed by atoms with Gasteiger partial charge in [-0.1, -0.05) is 17.7 Å². The Bertz CT molecular complexity index is 749. The molecular weight excluding hydrogens is 298 g/mol. The summed E-state index contributed by atoms with van der Waals surface area (Å²) in [7, 11) is -3.62. The summed E-state index contributed by atoms with van der Waals surface area (Å²) in [5.41, 5.74) is 1.89. The summed E-state index contributed by atoms with van der Waals surface area (Å²) >= 11 is 5.97. The third-order valence-electron chi connectivity index (χ3n) is 3.28. The fourth-order valence-corrected chi connectivity index (χ4v) is 4.06. The Morgan fingerprint density at radius 2 is 2.10 bits per heavy atom. The molecule has 0 amide bonds. The van der Waals surface area contributed by atoms with Crippen LogP contribution >= 0.6 is 11.6 Å². The van der Waals surface area contributed by atoms with Crippen molar-refractivity contribution < 1.29 is 8.42 Å². The smallest absolute Gasteiger partial charge is 0.246 e. The molecule has 5 nitrogen and oxygen atoms in total. The van der Waals surface area contributed by atoms with Gasteiger partial charge in [-0.2, -0.15) is 4.31 Å². The van der Waals surface area contributed by atoms with E-state index in [1.807, 2.05) is 12.1 Å². The lowest BCUT2D eigenvalue weighted by molar-refractivity contribution is 0.387. The first-order valence-electron chi connectivity index (χ1n) is 6.11. The standard InChI is InChI=1S/C13H12ClN3O2S/c14-11-3-6-15-8-13(11)20(18,19)17-7-4-12-10(9-17)2-1-5-16-12/h1-3,5-6,8H,4,7,9H2. The Labute approximate surface area is 122 Å². The molecule has 0 spiro atoms. The molecule has 0 saturated heterocycles. The van der Waals surface area contributed by atoms with Crippen LogP contribution in [-0.4, -0.2) is 29.2 Å². The second-order valence-electron chi connectivity index (χ2n) is 4.50. The molecule has 0 unspecified atom stereocenters. The zero-order valence-electron chi connectivity index (χ0n) is 10.5. The Morgan fingerprint density at radius 3 is 2.90 bits per heavy atom. The molecule has 7 heteroatoms. The van der Waals surface area contributed by atoms with E-state index in [0.717, 1.165) is 11.3 Å². The Kier molecular flexibility index (Phi) is 3.45. The van der Waals surface area contributed by atoms with E-state index < -0.39 is 10.0 Å². The van der Waals surface area contributed by atoms with Gasteiger partial charge < -0.3 is 0 Å². The van der Waals surface area contributed by atoms with Gasteiger partial charge in [-0.15, -0.1) is 0 Å². The first-order valence-corrected chi connectivity index (χ1v) is 7.93. The zero-order chi connectivity index (χ0) is 14.2. The first kappa shape index (κ1) is 13.5. The lowest BCUT2D eigenvalue weighted by Crippen LogP contribution is -2.36. The van der Waals surface area contributed by atoms with Crippen LogP contribution in [0.15, 0.2) is 41.7 Å². The number of rotatable bonds is 2. The average molecular weight is 310 g/mol. The largest absolute Gasteiger partial charge is 0.263 e. The number of aromatic nitrogens is 2. The summed E-state index contributed by atoms with van der Waals surface area (Å²) in [5, 5.41) is 0.192. The Hall–Kier alpha value is -1.50. The molecule has 0 radical (unpaired) electrons. The molecule has 0 aliphatic carbocycles. The number of fused-ring (bicyclic) bond motifs is 1. The molecule has 0 saturated carbocycles. The molecule has 1 aliphatic heterocycles. The molecule has 2 aromatic heterocycles. The average Bonchev–Trinajstić information content (AvgIpc) is 2.47. The van der Waals surface area contributed by atoms with E-state index in [-0.39, 0.29) is 9.92 Å². The van der Waals surface area contributed by atoms with Gasteiger partial charge in [-0.3, -0.25) is 9.97 Å². The van der Waals surface area contributed by atoms with Crippen molar-refractivity contribution in [2.24, 2.45) is 0 Å². The third-order valence-corrected chi connectivity index (χ3v) is 5.60. The highest BCUT2D eigenvalue weighted by Crippen LogP contribution is 2.27. The van der Waals surface area contributed by atoms with Gasteiger partial charge in [0.2, 0.25) is 10.0 Å². The molecule has 20 heavy (non-hydrogen) atoms. The minimum absolute atomic E-state index is 0.0500. The van der Waals surface area contributed by atoms with Crippen LogP contribution in [0.1, 0.15) is 11.3 Å². The maximum Gasteiger partial charge on any atom is 0.246 e. The van der Waals surface area contributed by atoms with Crippen LogP contribution < -0.4 is 0 Å². The van der Waals surface area contributed by atoms with Crippen LogP contribution in [-0.2, 0) is 23.0 Å². The minimum Gasteiger partial charge on any atom is -0.263 e. The van der Waals surface area contributed by atoms with Crippen molar-refractivity contribution in [3.05, 3.63) is 53.1 Å². The van der Waals surface area contributed by atoms with Crippen molar-refractivity contribution in [1.82, 2.24) is 14.3 Å². The summed E-state index contributed by atoms with van der Waals surface area (Å²) < 4.78 is 26.6. The number of pyridine rings is 2. The number of sulfonamides is 1. The second-order valence-corrected chi connectivity index (χ2v) is 6.82. The highest BCUT2D eigenvalue weighted by atomic mass is 35.5. The summed E-state index contributed by atoms with van der Waals surface area (Å²) in [6.07, 6.45) is 5.08. The van der Waals surface area contributed by atoms with E-state index in [9.17, 15) is 8.42 Å². The number of halogens is 1. The number of hydrogen-bond donors (Lipinski definition) is 0. The van der Waals surface area contributed by atoms with Crippen LogP contribution in [0.5, 0.6) is 0 Å². The quantitative estimate of drug-likeness (QED) is 0.849. The molecule has 3 heterocycles. The van der Waals surface area contributed by atoms with Gasteiger partial charge >= 0.3 is 0 Å². The lowest BCUT2D eigenvalue weighted by atomic mass is 10.1. The monoisotopic (exact) mass is 309 g/mol. The molecule has 0 fully saturated rings. The van der Waals surface area contributed by atoms with Gasteiger partial charge in [-0.25, -0.2) is 8.42 Å². The molecule has 0 aromatic carbocycles. The van der Waals surface area contributed by atoms with Crippen molar-refractivity contribution in [3.8, 4) is 0 Å². The summed E-state index contributed by atoms with van der Waals surface area (Å²) in [4.78, 5) is 8.16. The molecule has 104 valence electrons. The maximum absolute atomic E-state index is 12.6. The topological polar surface area (TPSA) is 63.2 Å². The molecule has 0 atom stereocenters. The van der Waals surface area contributed by atoms with E-state index in [0.29, 0.717) is 19.5 Å². The van der Waals surface area contributed by atoms with Gasteiger partial charge in [0.05, 0.1) is 5.02 Å². The Balaban J connectivity index is 1.97. The summed E-state index contributed by atoms with van der Waals surface area (Å²) in [6, 6.07) is 5.19. The Morgan fingerprint density at radius 1 is 1.25 bits per heavy atom. The normalized spacial score (nSPS) is 15.8. The molecule has 0 N–H and O–H groups in total. The van der Waals surface area contributed by atoms with Crippen molar-refractivity contribution in [3.63, 3.8) is 0 Å². The molecule has 1 aliphatic rings. The predicted molar refractivity (Wildman–Crippen MR) is 74.8 cm³/mol. The van der Waals surface area contributed by atoms with Crippen molar-refractivity contribution in [1.29, 1.82) is 0 Å². The van der Waals surface area contributed by atoms with E-state index in [1.165, 1.54) is 22.8 Å². The summed E-state index contributed by atoms with van der Waals surface area (Å²) in [6.45, 7) is 0.717. The van der Waals surface area contributed by atoms with E-state index >= 15 is 0 Å². The van der Waals surface area contributed by atoms with E-state index in [2.05, 4.69) is 9.97 Å². The van der Waals surface area contributed by atoms with Crippen LogP contribution in [0.4, 0.5) is 0 Å². The third kappa shape index (κ3) is 2.30. The molecule has 0 bridgehead atoms. The highest BCUT2D eigenvalue weighted by molar-refractivity contribution is 7.89. The van der Waals surface area contributed by atoms with Crippen LogP contribution in [0, 0.1) is 0 Å². The maximum atomic E-state index is 12.6. The minimum atomic E-state index is -3.62. The predicted octanol–water partition coefficient (Wildman–Crippen LogP) is 1.88. The second kappa shape index (κ2) is 5.12. The van der Waals surface area contributed by atoms with Gasteiger partial charge in [0.25, 0.3) is 0 Å². The first-order chi connectivity index (χ1) is 9.59. The number of hydrogen-bond acceptors (Lipinski definition) is 4. The van der Waals surface area contributed by atoms with Gasteiger partial charge in [0.15, 0.2) is 0 Å². The van der Waals surface area contributed by atoms with E-state index in [4.69, 9.17) is 11.6 Å². The molecule has 3 rings (SSSR count). The van der Waals surface area contributed by atoms with Crippen LogP contribution in [0.2, 0.25) is 5.02 Å². The lowest BCUT2D eigenvalue weighted by Gasteiger charge is -2.27. The molecular formula is C13H12ClN3O2S. The number of nitrogens with zero attached hydrogens (tertiary/aromatic N) is 3. The van der Waals surface area contributed by atoms with Gasteiger partial charge in [-0.05, 0) is 17.7 Å². The van der Waals surface area contributed by atoms with Gasteiger partial charge in [0.1, 0.15) is 4.90 Å². The SMILES string of the molecule is O=S(=O)(c1cnccc1Cl)N1CCc2ncccc2C1. The van der Waals surface area contributed by atoms with Crippen molar-refractivity contribution >= 4 is 21.6 Å². The van der Waals surface area contributed by atoms with Gasteiger partial charge in [0, 0.05) is 43.8 Å². The summed E-state index contributed by atoms with van der Waals surface area (Å²) in [5.74, 6) is 0. The van der Waals surface area contributed by atoms with Crippen LogP contribution in [0.25, 0.3) is 0 Å². The fraction of sp³-hybridized carbons (Fsp3) is 0.231. The van der Waals surface area contributed by atoms with Crippen molar-refractivity contribution in [2.75, 3.05) is 6.54 Å². The van der Waals surface area contributed by atoms with Crippen LogP contribution in [0.3, 0.4) is 0 Å². The molecule has 2 aromatic rings. The van der Waals surface area contributed by atoms with Crippen molar-refractivity contribution in [2.45, 2.75) is 17.9 Å². The van der Waals surface area contributed by atoms with E-state index in [1.54, 1.807) is 6.20 Å². The zero-order valence-corrected chi connectivity index (χ0v) is 12.1. The highest BCUT2D eigenvalue weighted by Gasteiger charge is 2.30.